The Morgan fingerprint density at radius 1 is 1.11 bits per heavy atom. The molecule has 0 aliphatic rings. The molecule has 2 nitrogen and oxygen atoms in total. The number of ether oxygens (including phenoxy) is 1. The van der Waals surface area contributed by atoms with Gasteiger partial charge in [0.25, 0.3) is 0 Å². The molecule has 0 heterocycles. The molecular formula is C14H12Cl2FNO. The van der Waals surface area contributed by atoms with Gasteiger partial charge < -0.3 is 10.5 Å². The summed E-state index contributed by atoms with van der Waals surface area (Å²) in [6.45, 7) is 0. The topological polar surface area (TPSA) is 35.2 Å². The van der Waals surface area contributed by atoms with E-state index < -0.39 is 11.9 Å². The number of nitrogens with two attached hydrogens (primary N) is 1. The van der Waals surface area contributed by atoms with Crippen LogP contribution in [0.3, 0.4) is 0 Å². The predicted molar refractivity (Wildman–Crippen MR) is 75.4 cm³/mol. The van der Waals surface area contributed by atoms with Crippen LogP contribution in [0, 0.1) is 5.82 Å². The van der Waals surface area contributed by atoms with Crippen LogP contribution in [0.5, 0.6) is 5.75 Å². The molecule has 0 saturated heterocycles. The standard InChI is InChI=1S/C14H12Cl2FNO/c1-19-13-5-2-8(6-12(13)16)14(18)10-4-3-9(17)7-11(10)15/h2-7,14H,18H2,1H3. The van der Waals surface area contributed by atoms with E-state index in [1.807, 2.05) is 0 Å². The first-order chi connectivity index (χ1) is 9.02. The second-order valence-electron chi connectivity index (χ2n) is 4.04. The SMILES string of the molecule is COc1ccc(C(N)c2ccc(F)cc2Cl)cc1Cl. The molecule has 5 heteroatoms. The largest absolute Gasteiger partial charge is 0.495 e. The fraction of sp³-hybridized carbons (Fsp3) is 0.143. The van der Waals surface area contributed by atoms with Gasteiger partial charge in [-0.1, -0.05) is 35.3 Å². The van der Waals surface area contributed by atoms with Crippen molar-refractivity contribution in [3.05, 3.63) is 63.4 Å². The summed E-state index contributed by atoms with van der Waals surface area (Å²) >= 11 is 12.0. The minimum absolute atomic E-state index is 0.291. The molecule has 2 N–H and O–H groups in total. The second-order valence-corrected chi connectivity index (χ2v) is 4.85. The molecule has 2 rings (SSSR count). The van der Waals surface area contributed by atoms with E-state index in [0.29, 0.717) is 21.4 Å². The molecule has 0 radical (unpaired) electrons. The van der Waals surface area contributed by atoms with Crippen LogP contribution in [0.1, 0.15) is 17.2 Å². The van der Waals surface area contributed by atoms with Gasteiger partial charge in [-0.2, -0.15) is 0 Å². The quantitative estimate of drug-likeness (QED) is 0.922. The Morgan fingerprint density at radius 2 is 1.84 bits per heavy atom. The lowest BCUT2D eigenvalue weighted by molar-refractivity contribution is 0.415. The third kappa shape index (κ3) is 3.00. The molecule has 0 spiro atoms. The van der Waals surface area contributed by atoms with E-state index in [9.17, 15) is 4.39 Å². The maximum Gasteiger partial charge on any atom is 0.137 e. The van der Waals surface area contributed by atoms with Crippen molar-refractivity contribution in [1.82, 2.24) is 0 Å². The number of methoxy groups -OCH3 is 1. The van der Waals surface area contributed by atoms with Gasteiger partial charge >= 0.3 is 0 Å². The van der Waals surface area contributed by atoms with Crippen molar-refractivity contribution < 1.29 is 9.13 Å². The Bertz CT molecular complexity index is 604. The van der Waals surface area contributed by atoms with Gasteiger partial charge in [-0.3, -0.25) is 0 Å². The monoisotopic (exact) mass is 299 g/mol. The molecule has 0 aliphatic carbocycles. The summed E-state index contributed by atoms with van der Waals surface area (Å²) in [7, 11) is 1.54. The average Bonchev–Trinajstić information content (AvgIpc) is 2.38. The van der Waals surface area contributed by atoms with Gasteiger partial charge in [0.05, 0.1) is 18.2 Å². The van der Waals surface area contributed by atoms with Crippen molar-refractivity contribution in [2.45, 2.75) is 6.04 Å². The van der Waals surface area contributed by atoms with Crippen LogP contribution in [-0.2, 0) is 0 Å². The third-order valence-electron chi connectivity index (χ3n) is 2.83. The first-order valence-electron chi connectivity index (χ1n) is 5.57. The minimum atomic E-state index is -0.475. The molecule has 0 aromatic heterocycles. The molecule has 0 bridgehead atoms. The lowest BCUT2D eigenvalue weighted by atomic mass is 9.99. The van der Waals surface area contributed by atoms with Crippen LogP contribution >= 0.6 is 23.2 Å². The van der Waals surface area contributed by atoms with Crippen molar-refractivity contribution in [2.75, 3.05) is 7.11 Å². The summed E-state index contributed by atoms with van der Waals surface area (Å²) in [6, 6.07) is 8.90. The van der Waals surface area contributed by atoms with Crippen LogP contribution in [-0.4, -0.2) is 7.11 Å². The molecule has 1 unspecified atom stereocenters. The Balaban J connectivity index is 2.38. The van der Waals surface area contributed by atoms with Crippen LogP contribution in [0.2, 0.25) is 10.0 Å². The van der Waals surface area contributed by atoms with Gasteiger partial charge in [0.2, 0.25) is 0 Å². The van der Waals surface area contributed by atoms with E-state index in [0.717, 1.165) is 5.56 Å². The molecule has 0 aliphatic heterocycles. The number of benzene rings is 2. The Kier molecular flexibility index (Phi) is 4.30. The highest BCUT2D eigenvalue weighted by atomic mass is 35.5. The summed E-state index contributed by atoms with van der Waals surface area (Å²) in [5.41, 5.74) is 7.54. The molecule has 2 aromatic carbocycles. The molecular weight excluding hydrogens is 288 g/mol. The van der Waals surface area contributed by atoms with Crippen LogP contribution < -0.4 is 10.5 Å². The number of rotatable bonds is 3. The maximum absolute atomic E-state index is 13.0. The maximum atomic E-state index is 13.0. The number of halogens is 3. The Labute approximate surface area is 120 Å². The van der Waals surface area contributed by atoms with Crippen molar-refractivity contribution in [1.29, 1.82) is 0 Å². The first kappa shape index (κ1) is 14.1. The molecule has 1 atom stereocenters. The lowest BCUT2D eigenvalue weighted by Gasteiger charge is -2.15. The molecule has 100 valence electrons. The molecule has 0 fully saturated rings. The zero-order valence-electron chi connectivity index (χ0n) is 10.2. The van der Waals surface area contributed by atoms with Crippen LogP contribution in [0.25, 0.3) is 0 Å². The first-order valence-corrected chi connectivity index (χ1v) is 6.32. The highest BCUT2D eigenvalue weighted by Gasteiger charge is 2.14. The Morgan fingerprint density at radius 3 is 2.42 bits per heavy atom. The second kappa shape index (κ2) is 5.78. The van der Waals surface area contributed by atoms with Crippen molar-refractivity contribution in [2.24, 2.45) is 5.73 Å². The van der Waals surface area contributed by atoms with Crippen molar-refractivity contribution in [3.63, 3.8) is 0 Å². The van der Waals surface area contributed by atoms with Gasteiger partial charge in [0.15, 0.2) is 0 Å². The molecule has 19 heavy (non-hydrogen) atoms. The van der Waals surface area contributed by atoms with Gasteiger partial charge in [0.1, 0.15) is 11.6 Å². The fourth-order valence-electron chi connectivity index (χ4n) is 1.81. The summed E-state index contributed by atoms with van der Waals surface area (Å²) < 4.78 is 18.1. The van der Waals surface area contributed by atoms with Gasteiger partial charge in [0, 0.05) is 5.02 Å². The van der Waals surface area contributed by atoms with Gasteiger partial charge in [-0.05, 0) is 35.4 Å². The molecule has 0 amide bonds. The highest BCUT2D eigenvalue weighted by Crippen LogP contribution is 2.31. The number of hydrogen-bond donors (Lipinski definition) is 1. The van der Waals surface area contributed by atoms with E-state index in [-0.39, 0.29) is 0 Å². The fourth-order valence-corrected chi connectivity index (χ4v) is 2.36. The zero-order chi connectivity index (χ0) is 14.0. The summed E-state index contributed by atoms with van der Waals surface area (Å²) in [5, 5.41) is 0.758. The van der Waals surface area contributed by atoms with Crippen LogP contribution in [0.15, 0.2) is 36.4 Å². The minimum Gasteiger partial charge on any atom is -0.495 e. The van der Waals surface area contributed by atoms with E-state index in [1.165, 1.54) is 19.2 Å². The third-order valence-corrected chi connectivity index (χ3v) is 3.46. The normalized spacial score (nSPS) is 12.3. The average molecular weight is 300 g/mol. The number of hydrogen-bond acceptors (Lipinski definition) is 2. The Hall–Kier alpha value is -1.29. The summed E-state index contributed by atoms with van der Waals surface area (Å²) in [5.74, 6) is 0.177. The molecule has 0 saturated carbocycles. The summed E-state index contributed by atoms with van der Waals surface area (Å²) in [6.07, 6.45) is 0. The predicted octanol–water partition coefficient (Wildman–Crippen LogP) is 4.19. The smallest absolute Gasteiger partial charge is 0.137 e. The van der Waals surface area contributed by atoms with E-state index in [4.69, 9.17) is 33.7 Å². The van der Waals surface area contributed by atoms with Crippen molar-refractivity contribution in [3.8, 4) is 5.75 Å². The van der Waals surface area contributed by atoms with E-state index >= 15 is 0 Å². The van der Waals surface area contributed by atoms with Crippen molar-refractivity contribution >= 4 is 23.2 Å². The van der Waals surface area contributed by atoms with E-state index in [2.05, 4.69) is 0 Å². The van der Waals surface area contributed by atoms with Crippen LogP contribution in [0.4, 0.5) is 4.39 Å². The van der Waals surface area contributed by atoms with E-state index in [1.54, 1.807) is 24.3 Å². The molecule has 2 aromatic rings. The highest BCUT2D eigenvalue weighted by molar-refractivity contribution is 6.32. The lowest BCUT2D eigenvalue weighted by Crippen LogP contribution is -2.12. The zero-order valence-corrected chi connectivity index (χ0v) is 11.7. The summed E-state index contributed by atoms with van der Waals surface area (Å²) in [4.78, 5) is 0. The van der Waals surface area contributed by atoms with Gasteiger partial charge in [-0.25, -0.2) is 4.39 Å². The van der Waals surface area contributed by atoms with Gasteiger partial charge in [-0.15, -0.1) is 0 Å².